The van der Waals surface area contributed by atoms with E-state index >= 15 is 0 Å². The summed E-state index contributed by atoms with van der Waals surface area (Å²) in [6, 6.07) is 0. The molecular formula is C14H22O8. The summed E-state index contributed by atoms with van der Waals surface area (Å²) in [5.41, 5.74) is -1.44. The van der Waals surface area contributed by atoms with E-state index in [4.69, 9.17) is 23.7 Å². The van der Waals surface area contributed by atoms with Crippen LogP contribution in [-0.2, 0) is 38.1 Å². The van der Waals surface area contributed by atoms with Gasteiger partial charge in [0.2, 0.25) is 0 Å². The van der Waals surface area contributed by atoms with E-state index in [-0.39, 0.29) is 0 Å². The summed E-state index contributed by atoms with van der Waals surface area (Å²) in [6.45, 7) is 6.80. The highest BCUT2D eigenvalue weighted by atomic mass is 16.7. The number of rotatable bonds is 4. The number of hydrogen-bond donors (Lipinski definition) is 0. The van der Waals surface area contributed by atoms with Crippen molar-refractivity contribution < 1.29 is 38.1 Å². The first kappa shape index (κ1) is 18.4. The SMILES string of the molecule is COC1OC(C)C(OC(C)=O)C(C)(OC(C)=O)C1OC(C)=O. The molecule has 0 radical (unpaired) electrons. The van der Waals surface area contributed by atoms with Gasteiger partial charge in [-0.3, -0.25) is 14.4 Å². The molecule has 0 spiro atoms. The zero-order valence-electron chi connectivity index (χ0n) is 13.6. The summed E-state index contributed by atoms with van der Waals surface area (Å²) in [6.07, 6.45) is -3.64. The first-order valence-corrected chi connectivity index (χ1v) is 6.84. The first-order valence-electron chi connectivity index (χ1n) is 6.84. The van der Waals surface area contributed by atoms with Gasteiger partial charge in [-0.15, -0.1) is 0 Å². The smallest absolute Gasteiger partial charge is 0.303 e. The minimum Gasteiger partial charge on any atom is -0.455 e. The van der Waals surface area contributed by atoms with E-state index in [0.717, 1.165) is 0 Å². The Morgan fingerprint density at radius 3 is 1.86 bits per heavy atom. The zero-order valence-corrected chi connectivity index (χ0v) is 13.6. The molecule has 126 valence electrons. The van der Waals surface area contributed by atoms with Crippen molar-refractivity contribution in [2.24, 2.45) is 0 Å². The lowest BCUT2D eigenvalue weighted by Gasteiger charge is -2.49. The highest BCUT2D eigenvalue weighted by molar-refractivity contribution is 5.69. The maximum atomic E-state index is 11.5. The molecule has 0 saturated carbocycles. The molecule has 0 aromatic heterocycles. The quantitative estimate of drug-likeness (QED) is 0.548. The fourth-order valence-electron chi connectivity index (χ4n) is 2.60. The third kappa shape index (κ3) is 3.95. The molecule has 1 saturated heterocycles. The normalized spacial score (nSPS) is 34.6. The highest BCUT2D eigenvalue weighted by Crippen LogP contribution is 2.37. The van der Waals surface area contributed by atoms with E-state index < -0.39 is 48.1 Å². The second-order valence-electron chi connectivity index (χ2n) is 5.28. The van der Waals surface area contributed by atoms with Crippen molar-refractivity contribution in [3.05, 3.63) is 0 Å². The maximum absolute atomic E-state index is 11.5. The number of methoxy groups -OCH3 is 1. The van der Waals surface area contributed by atoms with Crippen LogP contribution >= 0.6 is 0 Å². The molecule has 1 aliphatic rings. The van der Waals surface area contributed by atoms with Gasteiger partial charge in [-0.2, -0.15) is 0 Å². The van der Waals surface area contributed by atoms with E-state index in [9.17, 15) is 14.4 Å². The van der Waals surface area contributed by atoms with Gasteiger partial charge >= 0.3 is 17.9 Å². The summed E-state index contributed by atoms with van der Waals surface area (Å²) in [4.78, 5) is 34.2. The van der Waals surface area contributed by atoms with E-state index in [1.807, 2.05) is 0 Å². The molecule has 1 fully saturated rings. The number of carbonyl (C=O) groups excluding carboxylic acids is 3. The number of carbonyl (C=O) groups is 3. The Morgan fingerprint density at radius 2 is 1.45 bits per heavy atom. The molecule has 0 N–H and O–H groups in total. The molecule has 0 aliphatic carbocycles. The van der Waals surface area contributed by atoms with Crippen LogP contribution in [0.15, 0.2) is 0 Å². The van der Waals surface area contributed by atoms with Gasteiger partial charge in [0.1, 0.15) is 0 Å². The third-order valence-corrected chi connectivity index (χ3v) is 3.33. The van der Waals surface area contributed by atoms with Crippen LogP contribution in [0.1, 0.15) is 34.6 Å². The van der Waals surface area contributed by atoms with Gasteiger partial charge in [0, 0.05) is 27.9 Å². The van der Waals surface area contributed by atoms with Gasteiger partial charge in [0.15, 0.2) is 24.1 Å². The van der Waals surface area contributed by atoms with Crippen molar-refractivity contribution in [2.45, 2.75) is 64.8 Å². The fraction of sp³-hybridized carbons (Fsp3) is 0.786. The summed E-state index contributed by atoms with van der Waals surface area (Å²) < 4.78 is 26.6. The monoisotopic (exact) mass is 318 g/mol. The van der Waals surface area contributed by atoms with Gasteiger partial charge < -0.3 is 23.7 Å². The Bertz CT molecular complexity index is 448. The molecule has 5 atom stereocenters. The molecule has 22 heavy (non-hydrogen) atoms. The maximum Gasteiger partial charge on any atom is 0.303 e. The van der Waals surface area contributed by atoms with Crippen LogP contribution in [-0.4, -0.2) is 55.2 Å². The number of ether oxygens (including phenoxy) is 5. The van der Waals surface area contributed by atoms with Crippen LogP contribution in [0.2, 0.25) is 0 Å². The van der Waals surface area contributed by atoms with E-state index in [0.29, 0.717) is 0 Å². The minimum atomic E-state index is -1.44. The number of esters is 3. The Balaban J connectivity index is 3.27. The summed E-state index contributed by atoms with van der Waals surface area (Å²) in [5, 5.41) is 0. The number of hydrogen-bond acceptors (Lipinski definition) is 8. The molecule has 1 rings (SSSR count). The Kier molecular flexibility index (Phi) is 5.90. The molecule has 0 amide bonds. The van der Waals surface area contributed by atoms with Crippen LogP contribution in [0.4, 0.5) is 0 Å². The second-order valence-corrected chi connectivity index (χ2v) is 5.28. The van der Waals surface area contributed by atoms with Gasteiger partial charge in [-0.05, 0) is 13.8 Å². The van der Waals surface area contributed by atoms with Crippen molar-refractivity contribution >= 4 is 17.9 Å². The molecule has 8 heteroatoms. The highest BCUT2D eigenvalue weighted by Gasteiger charge is 2.59. The Hall–Kier alpha value is -1.67. The standard InChI is InChI=1S/C14H22O8/c1-7-11(20-8(2)15)14(5,22-10(4)17)12(21-9(3)16)13(18-6)19-7/h7,11-13H,1-6H3. The van der Waals surface area contributed by atoms with Gasteiger partial charge in [-0.1, -0.05) is 0 Å². The Labute approximate surface area is 129 Å². The molecule has 0 aromatic rings. The lowest BCUT2D eigenvalue weighted by atomic mass is 9.85. The van der Waals surface area contributed by atoms with Crippen LogP contribution in [0, 0.1) is 0 Å². The molecule has 0 bridgehead atoms. The van der Waals surface area contributed by atoms with Crippen molar-refractivity contribution in [3.8, 4) is 0 Å². The molecule has 8 nitrogen and oxygen atoms in total. The summed E-state index contributed by atoms with van der Waals surface area (Å²) in [5.74, 6) is -1.79. The summed E-state index contributed by atoms with van der Waals surface area (Å²) in [7, 11) is 1.37. The fourth-order valence-corrected chi connectivity index (χ4v) is 2.60. The first-order chi connectivity index (χ1) is 10.1. The molecule has 1 heterocycles. The minimum absolute atomic E-state index is 0.573. The van der Waals surface area contributed by atoms with Crippen LogP contribution in [0.3, 0.4) is 0 Å². The van der Waals surface area contributed by atoms with Crippen molar-refractivity contribution in [1.29, 1.82) is 0 Å². The molecule has 1 aliphatic heterocycles. The average molecular weight is 318 g/mol. The predicted molar refractivity (Wildman–Crippen MR) is 72.6 cm³/mol. The van der Waals surface area contributed by atoms with Crippen LogP contribution < -0.4 is 0 Å². The molecule has 0 aromatic carbocycles. The zero-order chi connectivity index (χ0) is 17.1. The van der Waals surface area contributed by atoms with E-state index in [1.165, 1.54) is 34.8 Å². The lowest BCUT2D eigenvalue weighted by molar-refractivity contribution is -0.322. The predicted octanol–water partition coefficient (Wildman–Crippen LogP) is 0.563. The lowest BCUT2D eigenvalue weighted by Crippen LogP contribution is -2.68. The van der Waals surface area contributed by atoms with Crippen molar-refractivity contribution in [1.82, 2.24) is 0 Å². The average Bonchev–Trinajstić information content (AvgIpc) is 2.36. The Morgan fingerprint density at radius 1 is 0.955 bits per heavy atom. The van der Waals surface area contributed by atoms with E-state index in [2.05, 4.69) is 0 Å². The summed E-state index contributed by atoms with van der Waals surface area (Å²) >= 11 is 0. The van der Waals surface area contributed by atoms with Crippen LogP contribution in [0.5, 0.6) is 0 Å². The molecular weight excluding hydrogens is 296 g/mol. The van der Waals surface area contributed by atoms with Gasteiger partial charge in [-0.25, -0.2) is 0 Å². The van der Waals surface area contributed by atoms with Gasteiger partial charge in [0.25, 0.3) is 0 Å². The van der Waals surface area contributed by atoms with Crippen LogP contribution in [0.25, 0.3) is 0 Å². The van der Waals surface area contributed by atoms with Crippen molar-refractivity contribution in [3.63, 3.8) is 0 Å². The third-order valence-electron chi connectivity index (χ3n) is 3.33. The van der Waals surface area contributed by atoms with Crippen molar-refractivity contribution in [2.75, 3.05) is 7.11 Å². The van der Waals surface area contributed by atoms with Gasteiger partial charge in [0.05, 0.1) is 6.10 Å². The largest absolute Gasteiger partial charge is 0.455 e. The van der Waals surface area contributed by atoms with E-state index in [1.54, 1.807) is 6.92 Å². The second kappa shape index (κ2) is 7.06. The molecule has 5 unspecified atom stereocenters. The topological polar surface area (TPSA) is 97.4 Å².